The molecule has 4 heterocycles. The van der Waals surface area contributed by atoms with Gasteiger partial charge in [-0.1, -0.05) is 12.5 Å². The van der Waals surface area contributed by atoms with Crippen molar-refractivity contribution >= 4 is 44.3 Å². The Morgan fingerprint density at radius 2 is 2.16 bits per heavy atom. The van der Waals surface area contributed by atoms with E-state index in [1.807, 2.05) is 0 Å². The monoisotopic (exact) mass is 535 g/mol. The first-order valence-electron chi connectivity index (χ1n) is 12.1. The van der Waals surface area contributed by atoms with Gasteiger partial charge in [-0.2, -0.15) is 5.10 Å². The molecule has 0 bridgehead atoms. The first-order chi connectivity index (χ1) is 18.4. The molecule has 9 nitrogen and oxygen atoms in total. The summed E-state index contributed by atoms with van der Waals surface area (Å²) in [7, 11) is 1.57. The molecule has 1 saturated carbocycles. The summed E-state index contributed by atoms with van der Waals surface area (Å²) < 4.78 is 37.7. The van der Waals surface area contributed by atoms with Crippen LogP contribution in [-0.4, -0.2) is 61.8 Å². The van der Waals surface area contributed by atoms with Gasteiger partial charge in [0.2, 0.25) is 5.91 Å². The molecule has 1 saturated heterocycles. The summed E-state index contributed by atoms with van der Waals surface area (Å²) >= 11 is 1.32. The number of anilines is 1. The van der Waals surface area contributed by atoms with E-state index in [2.05, 4.69) is 38.5 Å². The molecule has 3 aromatic heterocycles. The lowest BCUT2D eigenvalue weighted by Gasteiger charge is -2.22. The molecule has 0 radical (unpaired) electrons. The van der Waals surface area contributed by atoms with Gasteiger partial charge in [-0.15, -0.1) is 11.3 Å². The second kappa shape index (κ2) is 9.41. The summed E-state index contributed by atoms with van der Waals surface area (Å²) in [5, 5.41) is 5.82. The number of carbonyl (C=O) groups excluding carboxylic acids is 1. The maximum Gasteiger partial charge on any atom is 0.246 e. The van der Waals surface area contributed by atoms with Gasteiger partial charge in [-0.3, -0.25) is 4.79 Å². The number of nitrogen functional groups attached to an aromatic ring is 1. The zero-order valence-corrected chi connectivity index (χ0v) is 21.3. The third-order valence-electron chi connectivity index (χ3n) is 6.90. The average molecular weight is 536 g/mol. The Hall–Kier alpha value is -3.95. The van der Waals surface area contributed by atoms with Crippen molar-refractivity contribution < 1.29 is 18.3 Å². The maximum absolute atomic E-state index is 15.3. The quantitative estimate of drug-likeness (QED) is 0.307. The molecule has 0 spiro atoms. The molecule has 1 aliphatic carbocycles. The number of benzene rings is 1. The molecular weight excluding hydrogens is 512 g/mol. The summed E-state index contributed by atoms with van der Waals surface area (Å²) in [5.41, 5.74) is 6.50. The van der Waals surface area contributed by atoms with Crippen molar-refractivity contribution in [2.24, 2.45) is 0 Å². The summed E-state index contributed by atoms with van der Waals surface area (Å²) in [6.07, 6.45) is 5.16. The average Bonchev–Trinajstić information content (AvgIpc) is 3.35. The van der Waals surface area contributed by atoms with E-state index in [9.17, 15) is 9.18 Å². The highest BCUT2D eigenvalue weighted by molar-refractivity contribution is 7.18. The zero-order chi connectivity index (χ0) is 26.6. The van der Waals surface area contributed by atoms with Crippen LogP contribution in [0.5, 0.6) is 0 Å². The number of methoxy groups -OCH3 is 1. The van der Waals surface area contributed by atoms with Crippen LogP contribution in [-0.2, 0) is 9.53 Å². The normalized spacial score (nSPS) is 19.2. The number of carbonyl (C=O) groups is 1. The summed E-state index contributed by atoms with van der Waals surface area (Å²) in [6, 6.07) is 0.837. The number of likely N-dealkylation sites (tertiary alicyclic amines) is 1. The van der Waals surface area contributed by atoms with E-state index in [1.54, 1.807) is 16.7 Å². The SMILES string of the molecule is C=CC(=O)N1C[C@@H](n2nc(C#Cc3c(F)cc4sc(C5CC5)nc4c3F)c3c(N)ncnc32)C[C@@H]1COC. The summed E-state index contributed by atoms with van der Waals surface area (Å²) in [6.45, 7) is 4.28. The van der Waals surface area contributed by atoms with Crippen molar-refractivity contribution in [3.05, 3.63) is 52.9 Å². The Bertz CT molecular complexity index is 1670. The fraction of sp³-hybridized carbons (Fsp3) is 0.346. The summed E-state index contributed by atoms with van der Waals surface area (Å²) in [5.74, 6) is 4.10. The van der Waals surface area contributed by atoms with Crippen LogP contribution in [0.4, 0.5) is 14.6 Å². The van der Waals surface area contributed by atoms with Crippen LogP contribution >= 0.6 is 11.3 Å². The number of rotatable bonds is 5. The molecule has 4 aromatic rings. The van der Waals surface area contributed by atoms with Crippen molar-refractivity contribution in [3.8, 4) is 11.8 Å². The number of nitrogens with two attached hydrogens (primary N) is 1. The topological polar surface area (TPSA) is 112 Å². The first-order valence-corrected chi connectivity index (χ1v) is 12.9. The van der Waals surface area contributed by atoms with Crippen molar-refractivity contribution in [2.45, 2.75) is 37.3 Å². The van der Waals surface area contributed by atoms with Crippen LogP contribution in [0, 0.1) is 23.5 Å². The third kappa shape index (κ3) is 4.08. The number of ether oxygens (including phenoxy) is 1. The van der Waals surface area contributed by atoms with E-state index in [0.29, 0.717) is 41.2 Å². The van der Waals surface area contributed by atoms with Gasteiger partial charge in [-0.25, -0.2) is 28.4 Å². The predicted molar refractivity (Wildman–Crippen MR) is 138 cm³/mol. The smallest absolute Gasteiger partial charge is 0.246 e. The number of hydrogen-bond acceptors (Lipinski definition) is 8. The highest BCUT2D eigenvalue weighted by Crippen LogP contribution is 2.44. The van der Waals surface area contributed by atoms with Crippen molar-refractivity contribution in [2.75, 3.05) is 26.0 Å². The maximum atomic E-state index is 15.3. The van der Waals surface area contributed by atoms with Crippen LogP contribution in [0.15, 0.2) is 25.0 Å². The standard InChI is InChI=1S/C26H23F2N7O2S/c1-3-20(36)34-10-14(8-15(34)11-37-2)35-25-21(24(29)30-12-31-25)18(33-35)7-6-16-17(27)9-19-23(22(16)28)32-26(38-19)13-4-5-13/h3,9,12-15H,1,4-5,8,10-11H2,2H3,(H2,29,30,31)/t14-,15+/m0/s1. The minimum atomic E-state index is -0.791. The number of thiazole rings is 1. The van der Waals surface area contributed by atoms with Crippen LogP contribution in [0.1, 0.15) is 47.5 Å². The number of amides is 1. The van der Waals surface area contributed by atoms with Gasteiger partial charge >= 0.3 is 0 Å². The Morgan fingerprint density at radius 3 is 2.89 bits per heavy atom. The van der Waals surface area contributed by atoms with Crippen molar-refractivity contribution in [1.29, 1.82) is 0 Å². The number of aromatic nitrogens is 5. The predicted octanol–water partition coefficient (Wildman–Crippen LogP) is 3.55. The molecule has 2 aliphatic rings. The second-order valence-corrected chi connectivity index (χ2v) is 10.5. The molecule has 2 fully saturated rings. The highest BCUT2D eigenvalue weighted by Gasteiger charge is 2.37. The van der Waals surface area contributed by atoms with E-state index < -0.39 is 11.6 Å². The zero-order valence-electron chi connectivity index (χ0n) is 20.4. The Balaban J connectivity index is 1.41. The van der Waals surface area contributed by atoms with Crippen LogP contribution in [0.25, 0.3) is 21.3 Å². The van der Waals surface area contributed by atoms with E-state index in [4.69, 9.17) is 10.5 Å². The Kier molecular flexibility index (Phi) is 6.04. The fourth-order valence-corrected chi connectivity index (χ4v) is 6.06. The van der Waals surface area contributed by atoms with Crippen LogP contribution < -0.4 is 5.73 Å². The van der Waals surface area contributed by atoms with E-state index in [0.717, 1.165) is 17.8 Å². The molecule has 6 rings (SSSR count). The lowest BCUT2D eigenvalue weighted by atomic mass is 10.1. The number of fused-ring (bicyclic) bond motifs is 2. The largest absolute Gasteiger partial charge is 0.383 e. The van der Waals surface area contributed by atoms with Gasteiger partial charge in [0, 0.05) is 19.6 Å². The van der Waals surface area contributed by atoms with Crippen LogP contribution in [0.3, 0.4) is 0 Å². The van der Waals surface area contributed by atoms with Crippen molar-refractivity contribution in [1.82, 2.24) is 29.6 Å². The Morgan fingerprint density at radius 1 is 1.34 bits per heavy atom. The third-order valence-corrected chi connectivity index (χ3v) is 8.06. The minimum absolute atomic E-state index is 0.128. The molecular formula is C26H23F2N7O2S. The van der Waals surface area contributed by atoms with Crippen molar-refractivity contribution in [3.63, 3.8) is 0 Å². The number of halogens is 2. The first kappa shape index (κ1) is 24.4. The van der Waals surface area contributed by atoms with Gasteiger partial charge in [0.1, 0.15) is 29.2 Å². The lowest BCUT2D eigenvalue weighted by Crippen LogP contribution is -2.37. The van der Waals surface area contributed by atoms with E-state index >= 15 is 4.39 Å². The lowest BCUT2D eigenvalue weighted by molar-refractivity contribution is -0.127. The molecule has 38 heavy (non-hydrogen) atoms. The number of nitrogens with zero attached hydrogens (tertiary/aromatic N) is 6. The minimum Gasteiger partial charge on any atom is -0.383 e. The number of hydrogen-bond donors (Lipinski definition) is 1. The molecule has 194 valence electrons. The molecule has 1 amide bonds. The molecule has 1 aliphatic heterocycles. The molecule has 2 N–H and O–H groups in total. The molecule has 1 aromatic carbocycles. The van der Waals surface area contributed by atoms with Gasteiger partial charge in [0.05, 0.1) is 39.3 Å². The van der Waals surface area contributed by atoms with Gasteiger partial charge in [0.15, 0.2) is 11.5 Å². The van der Waals surface area contributed by atoms with E-state index in [1.165, 1.54) is 29.8 Å². The second-order valence-electron chi connectivity index (χ2n) is 9.41. The molecule has 12 heteroatoms. The summed E-state index contributed by atoms with van der Waals surface area (Å²) in [4.78, 5) is 26.9. The highest BCUT2D eigenvalue weighted by atomic mass is 32.1. The van der Waals surface area contributed by atoms with Gasteiger partial charge in [0.25, 0.3) is 0 Å². The van der Waals surface area contributed by atoms with E-state index in [-0.39, 0.29) is 40.6 Å². The van der Waals surface area contributed by atoms with Gasteiger partial charge < -0.3 is 15.4 Å². The molecule has 2 atom stereocenters. The molecule has 0 unspecified atom stereocenters. The van der Waals surface area contributed by atoms with Gasteiger partial charge in [-0.05, 0) is 37.3 Å². The Labute approximate surface area is 220 Å². The van der Waals surface area contributed by atoms with Crippen LogP contribution in [0.2, 0.25) is 0 Å². The fourth-order valence-electron chi connectivity index (χ4n) is 4.90.